The van der Waals surface area contributed by atoms with E-state index in [4.69, 9.17) is 4.74 Å². The van der Waals surface area contributed by atoms with Gasteiger partial charge in [-0.3, -0.25) is 0 Å². The molecule has 0 amide bonds. The summed E-state index contributed by atoms with van der Waals surface area (Å²) in [6, 6.07) is 0. The van der Waals surface area contributed by atoms with Crippen LogP contribution in [0.15, 0.2) is 12.4 Å². The van der Waals surface area contributed by atoms with E-state index < -0.39 is 0 Å². The minimum atomic E-state index is 0.782. The van der Waals surface area contributed by atoms with Gasteiger partial charge >= 0.3 is 0 Å². The first-order valence-corrected chi connectivity index (χ1v) is 7.81. The van der Waals surface area contributed by atoms with Crippen LogP contribution in [0.4, 0.5) is 5.95 Å². The van der Waals surface area contributed by atoms with Gasteiger partial charge in [-0.2, -0.15) is 0 Å². The van der Waals surface area contributed by atoms with Crippen molar-refractivity contribution >= 4 is 5.95 Å². The van der Waals surface area contributed by atoms with Crippen LogP contribution in [0.25, 0.3) is 0 Å². The minimum Gasteiger partial charge on any atom is -0.382 e. The molecule has 5 nitrogen and oxygen atoms in total. The lowest BCUT2D eigenvalue weighted by molar-refractivity contribution is 0.147. The van der Waals surface area contributed by atoms with Crippen molar-refractivity contribution in [3.63, 3.8) is 0 Å². The molecule has 1 aliphatic rings. The quantitative estimate of drug-likeness (QED) is 0.740. The predicted octanol–water partition coefficient (Wildman–Crippen LogP) is 2.06. The van der Waals surface area contributed by atoms with E-state index in [2.05, 4.69) is 33.0 Å². The van der Waals surface area contributed by atoms with Crippen LogP contribution < -0.4 is 5.32 Å². The number of likely N-dealkylation sites (tertiary alicyclic amines) is 1. The van der Waals surface area contributed by atoms with Gasteiger partial charge in [-0.15, -0.1) is 0 Å². The lowest BCUT2D eigenvalue weighted by Gasteiger charge is -2.29. The molecular weight excluding hydrogens is 252 g/mol. The highest BCUT2D eigenvalue weighted by Crippen LogP contribution is 2.19. The molecule has 2 heterocycles. The van der Waals surface area contributed by atoms with Crippen LogP contribution in [0.3, 0.4) is 0 Å². The SMILES string of the molecule is CCOCCCNc1nccn1CC1CCN(C)CC1. The number of hydrogen-bond donors (Lipinski definition) is 1. The summed E-state index contributed by atoms with van der Waals surface area (Å²) in [7, 11) is 2.21. The summed E-state index contributed by atoms with van der Waals surface area (Å²) in [6.07, 6.45) is 7.58. The molecule has 20 heavy (non-hydrogen) atoms. The van der Waals surface area contributed by atoms with Crippen LogP contribution in [-0.2, 0) is 11.3 Å². The second-order valence-electron chi connectivity index (χ2n) is 5.63. The Balaban J connectivity index is 1.73. The smallest absolute Gasteiger partial charge is 0.202 e. The number of aromatic nitrogens is 2. The summed E-state index contributed by atoms with van der Waals surface area (Å²) in [6.45, 7) is 8.09. The zero-order chi connectivity index (χ0) is 14.2. The monoisotopic (exact) mass is 280 g/mol. The van der Waals surface area contributed by atoms with Crippen LogP contribution in [0.1, 0.15) is 26.2 Å². The second kappa shape index (κ2) is 8.27. The Morgan fingerprint density at radius 1 is 1.40 bits per heavy atom. The Hall–Kier alpha value is -1.07. The summed E-state index contributed by atoms with van der Waals surface area (Å²) >= 11 is 0. The molecule has 1 fully saturated rings. The van der Waals surface area contributed by atoms with E-state index in [-0.39, 0.29) is 0 Å². The summed E-state index contributed by atoms with van der Waals surface area (Å²) in [5, 5.41) is 3.41. The zero-order valence-corrected chi connectivity index (χ0v) is 12.8. The van der Waals surface area contributed by atoms with Gasteiger partial charge in [0.15, 0.2) is 0 Å². The van der Waals surface area contributed by atoms with Gasteiger partial charge in [0.25, 0.3) is 0 Å². The lowest BCUT2D eigenvalue weighted by Crippen LogP contribution is -2.32. The third-order valence-corrected chi connectivity index (χ3v) is 3.96. The summed E-state index contributed by atoms with van der Waals surface area (Å²) in [4.78, 5) is 6.83. The van der Waals surface area contributed by atoms with Gasteiger partial charge in [0.1, 0.15) is 0 Å². The molecule has 1 aliphatic heterocycles. The number of hydrogen-bond acceptors (Lipinski definition) is 4. The lowest BCUT2D eigenvalue weighted by atomic mass is 9.97. The molecule has 0 radical (unpaired) electrons. The third-order valence-electron chi connectivity index (χ3n) is 3.96. The maximum Gasteiger partial charge on any atom is 0.202 e. The van der Waals surface area contributed by atoms with Gasteiger partial charge in [0.05, 0.1) is 0 Å². The van der Waals surface area contributed by atoms with Crippen molar-refractivity contribution in [2.75, 3.05) is 45.2 Å². The minimum absolute atomic E-state index is 0.782. The fourth-order valence-corrected chi connectivity index (χ4v) is 2.67. The molecule has 0 bridgehead atoms. The molecule has 0 aliphatic carbocycles. The highest BCUT2D eigenvalue weighted by Gasteiger charge is 2.17. The van der Waals surface area contributed by atoms with E-state index >= 15 is 0 Å². The van der Waals surface area contributed by atoms with Crippen molar-refractivity contribution in [3.8, 4) is 0 Å². The van der Waals surface area contributed by atoms with E-state index in [1.54, 1.807) is 0 Å². The molecule has 0 saturated carbocycles. The number of imidazole rings is 1. The van der Waals surface area contributed by atoms with Gasteiger partial charge in [0.2, 0.25) is 5.95 Å². The molecule has 1 aromatic rings. The Bertz CT molecular complexity index is 372. The molecular formula is C15H28N4O. The molecule has 0 spiro atoms. The van der Waals surface area contributed by atoms with Crippen molar-refractivity contribution < 1.29 is 4.74 Å². The Kier molecular flexibility index (Phi) is 6.33. The van der Waals surface area contributed by atoms with E-state index in [1.165, 1.54) is 25.9 Å². The van der Waals surface area contributed by atoms with Gasteiger partial charge in [-0.05, 0) is 52.2 Å². The number of rotatable bonds is 8. The normalized spacial score (nSPS) is 17.5. The molecule has 0 unspecified atom stereocenters. The number of nitrogens with one attached hydrogen (secondary N) is 1. The molecule has 0 atom stereocenters. The first-order valence-electron chi connectivity index (χ1n) is 7.81. The Labute approximate surface area is 122 Å². The highest BCUT2D eigenvalue weighted by atomic mass is 16.5. The van der Waals surface area contributed by atoms with Gasteiger partial charge in [0, 0.05) is 38.7 Å². The summed E-state index contributed by atoms with van der Waals surface area (Å²) in [5.74, 6) is 1.78. The fourth-order valence-electron chi connectivity index (χ4n) is 2.67. The second-order valence-corrected chi connectivity index (χ2v) is 5.63. The first-order chi connectivity index (χ1) is 9.79. The number of nitrogens with zero attached hydrogens (tertiary/aromatic N) is 3. The average Bonchev–Trinajstić information content (AvgIpc) is 2.89. The summed E-state index contributed by atoms with van der Waals surface area (Å²) < 4.78 is 7.60. The van der Waals surface area contributed by atoms with Crippen molar-refractivity contribution in [1.29, 1.82) is 0 Å². The Morgan fingerprint density at radius 2 is 2.20 bits per heavy atom. The maximum atomic E-state index is 5.34. The highest BCUT2D eigenvalue weighted by molar-refractivity contribution is 5.25. The molecule has 0 aromatic carbocycles. The number of piperidine rings is 1. The van der Waals surface area contributed by atoms with Crippen LogP contribution in [0.2, 0.25) is 0 Å². The standard InChI is InChI=1S/C15H28N4O/c1-3-20-12-4-7-16-15-17-8-11-19(15)13-14-5-9-18(2)10-6-14/h8,11,14H,3-7,9-10,12-13H2,1-2H3,(H,16,17). The topological polar surface area (TPSA) is 42.3 Å². The largest absolute Gasteiger partial charge is 0.382 e. The third kappa shape index (κ3) is 4.80. The average molecular weight is 280 g/mol. The molecule has 1 aromatic heterocycles. The van der Waals surface area contributed by atoms with E-state index in [9.17, 15) is 0 Å². The molecule has 2 rings (SSSR count). The van der Waals surface area contributed by atoms with Crippen molar-refractivity contribution in [3.05, 3.63) is 12.4 Å². The summed E-state index contributed by atoms with van der Waals surface area (Å²) in [5.41, 5.74) is 0. The van der Waals surface area contributed by atoms with E-state index in [0.717, 1.165) is 44.6 Å². The van der Waals surface area contributed by atoms with Gasteiger partial charge < -0.3 is 19.5 Å². The molecule has 5 heteroatoms. The van der Waals surface area contributed by atoms with Crippen LogP contribution in [0.5, 0.6) is 0 Å². The Morgan fingerprint density at radius 3 is 2.95 bits per heavy atom. The van der Waals surface area contributed by atoms with Crippen molar-refractivity contribution in [1.82, 2.24) is 14.5 Å². The van der Waals surface area contributed by atoms with Crippen LogP contribution in [0, 0.1) is 5.92 Å². The number of ether oxygens (including phenoxy) is 1. The maximum absolute atomic E-state index is 5.34. The molecule has 1 saturated heterocycles. The van der Waals surface area contributed by atoms with E-state index in [0.29, 0.717) is 0 Å². The van der Waals surface area contributed by atoms with Crippen molar-refractivity contribution in [2.45, 2.75) is 32.7 Å². The van der Waals surface area contributed by atoms with Crippen molar-refractivity contribution in [2.24, 2.45) is 5.92 Å². The molecule has 1 N–H and O–H groups in total. The molecule has 114 valence electrons. The number of anilines is 1. The van der Waals surface area contributed by atoms with Gasteiger partial charge in [-0.25, -0.2) is 4.98 Å². The van der Waals surface area contributed by atoms with Gasteiger partial charge in [-0.1, -0.05) is 0 Å². The first kappa shape index (κ1) is 15.3. The predicted molar refractivity (Wildman–Crippen MR) is 82.0 cm³/mol. The van der Waals surface area contributed by atoms with E-state index in [1.807, 2.05) is 13.1 Å². The zero-order valence-electron chi connectivity index (χ0n) is 12.8. The van der Waals surface area contributed by atoms with Crippen LogP contribution >= 0.6 is 0 Å². The fraction of sp³-hybridized carbons (Fsp3) is 0.800. The van der Waals surface area contributed by atoms with Crippen LogP contribution in [-0.4, -0.2) is 54.3 Å².